The lowest BCUT2D eigenvalue weighted by Gasteiger charge is -2.37. The van der Waals surface area contributed by atoms with Crippen LogP contribution in [0, 0.1) is 5.92 Å². The number of nitrogens with zero attached hydrogens (tertiary/aromatic N) is 7. The van der Waals surface area contributed by atoms with E-state index >= 15 is 0 Å². The van der Waals surface area contributed by atoms with E-state index in [1.807, 2.05) is 62.5 Å². The largest absolute Gasteiger partial charge is 0.496 e. The maximum atomic E-state index is 13.4. The number of methoxy groups -OCH3 is 2. The number of pyridine rings is 2. The zero-order chi connectivity index (χ0) is 42.9. The first kappa shape index (κ1) is 41.7. The molecule has 61 heavy (non-hydrogen) atoms. The van der Waals surface area contributed by atoms with Gasteiger partial charge in [-0.2, -0.15) is 0 Å². The second kappa shape index (κ2) is 17.5. The van der Waals surface area contributed by atoms with Crippen molar-refractivity contribution in [3.05, 3.63) is 81.9 Å². The summed E-state index contributed by atoms with van der Waals surface area (Å²) in [6.07, 6.45) is 10.5. The first-order chi connectivity index (χ1) is 29.5. The molecule has 4 aliphatic heterocycles. The lowest BCUT2D eigenvalue weighted by Crippen LogP contribution is -2.54. The Bertz CT molecular complexity index is 2440. The first-order valence-electron chi connectivity index (χ1n) is 21.1. The van der Waals surface area contributed by atoms with Gasteiger partial charge in [0.1, 0.15) is 23.4 Å². The number of anilines is 2. The molecule has 320 valence electrons. The maximum Gasteiger partial charge on any atom is 0.264 e. The molecule has 4 amide bonds. The first-order valence-corrected chi connectivity index (χ1v) is 21.1. The van der Waals surface area contributed by atoms with Gasteiger partial charge in [-0.05, 0) is 87.0 Å². The summed E-state index contributed by atoms with van der Waals surface area (Å²) >= 11 is 0. The third-order valence-electron chi connectivity index (χ3n) is 12.7. The third-order valence-corrected chi connectivity index (χ3v) is 12.7. The number of carbonyl (C=O) groups excluding carboxylic acids is 4. The zero-order valence-electron chi connectivity index (χ0n) is 35.6. The zero-order valence-corrected chi connectivity index (χ0v) is 35.6. The summed E-state index contributed by atoms with van der Waals surface area (Å²) in [5.41, 5.74) is 4.13. The number of allylic oxidation sites excluding steroid dienone is 1. The molecule has 6 heterocycles. The van der Waals surface area contributed by atoms with E-state index < -0.39 is 23.8 Å². The molecule has 0 saturated carbocycles. The number of aromatic nitrogens is 2. The Hall–Kier alpha value is -6.06. The van der Waals surface area contributed by atoms with Crippen molar-refractivity contribution in [2.45, 2.75) is 51.6 Å². The van der Waals surface area contributed by atoms with E-state index in [0.29, 0.717) is 29.0 Å². The molecule has 4 aliphatic rings. The molecular formula is C46H54N8O7. The van der Waals surface area contributed by atoms with Crippen LogP contribution in [0.15, 0.2) is 59.7 Å². The minimum absolute atomic E-state index is 0.0946. The molecule has 1 atom stereocenters. The second-order valence-corrected chi connectivity index (χ2v) is 16.6. The molecule has 0 radical (unpaired) electrons. The van der Waals surface area contributed by atoms with E-state index in [-0.39, 0.29) is 24.3 Å². The normalized spacial score (nSPS) is 19.3. The Morgan fingerprint density at radius 1 is 0.820 bits per heavy atom. The van der Waals surface area contributed by atoms with Crippen LogP contribution in [-0.2, 0) is 16.1 Å². The van der Waals surface area contributed by atoms with Crippen molar-refractivity contribution in [1.29, 1.82) is 0 Å². The van der Waals surface area contributed by atoms with Gasteiger partial charge in [0.2, 0.25) is 11.8 Å². The van der Waals surface area contributed by atoms with Gasteiger partial charge in [0.15, 0.2) is 0 Å². The lowest BCUT2D eigenvalue weighted by atomic mass is 9.92. The highest BCUT2D eigenvalue weighted by Crippen LogP contribution is 2.39. The Morgan fingerprint density at radius 3 is 2.16 bits per heavy atom. The van der Waals surface area contributed by atoms with Gasteiger partial charge in [-0.1, -0.05) is 6.08 Å². The molecule has 0 bridgehead atoms. The van der Waals surface area contributed by atoms with Gasteiger partial charge in [-0.15, -0.1) is 0 Å². The topological polar surface area (TPSA) is 150 Å². The van der Waals surface area contributed by atoms with Crippen molar-refractivity contribution < 1.29 is 28.7 Å². The van der Waals surface area contributed by atoms with Crippen molar-refractivity contribution in [3.63, 3.8) is 0 Å². The Kier molecular flexibility index (Phi) is 12.0. The molecule has 4 aromatic rings. The number of benzene rings is 2. The minimum atomic E-state index is -0.970. The van der Waals surface area contributed by atoms with E-state index in [0.717, 1.165) is 115 Å². The molecule has 1 N–H and O–H groups in total. The van der Waals surface area contributed by atoms with Crippen LogP contribution < -0.4 is 30.1 Å². The molecule has 3 fully saturated rings. The lowest BCUT2D eigenvalue weighted by molar-refractivity contribution is -0.136. The fraction of sp³-hybridized carbons (Fsp3) is 0.435. The average molecular weight is 831 g/mol. The quantitative estimate of drug-likeness (QED) is 0.201. The number of hydrogen-bond acceptors (Lipinski definition) is 12. The molecule has 2 aromatic carbocycles. The van der Waals surface area contributed by atoms with Gasteiger partial charge in [-0.3, -0.25) is 43.7 Å². The van der Waals surface area contributed by atoms with E-state index in [4.69, 9.17) is 9.47 Å². The number of hydrogen-bond donors (Lipinski definition) is 1. The highest BCUT2D eigenvalue weighted by molar-refractivity contribution is 6.23. The third kappa shape index (κ3) is 8.23. The number of piperazine rings is 1. The van der Waals surface area contributed by atoms with Gasteiger partial charge < -0.3 is 24.2 Å². The molecule has 8 rings (SSSR count). The highest BCUT2D eigenvalue weighted by atomic mass is 16.5. The number of ether oxygens (including phenoxy) is 2. The second-order valence-electron chi connectivity index (χ2n) is 16.6. The summed E-state index contributed by atoms with van der Waals surface area (Å²) in [7, 11) is 7.23. The Balaban J connectivity index is 0.862. The molecule has 3 saturated heterocycles. The minimum Gasteiger partial charge on any atom is -0.496 e. The van der Waals surface area contributed by atoms with Gasteiger partial charge in [0.05, 0.1) is 36.3 Å². The van der Waals surface area contributed by atoms with Gasteiger partial charge in [0.25, 0.3) is 17.4 Å². The molecule has 0 spiro atoms. The maximum absolute atomic E-state index is 13.4. The molecule has 2 aromatic heterocycles. The highest BCUT2D eigenvalue weighted by Gasteiger charge is 2.45. The number of piperidine rings is 2. The fourth-order valence-electron chi connectivity index (χ4n) is 9.18. The predicted molar refractivity (Wildman–Crippen MR) is 234 cm³/mol. The van der Waals surface area contributed by atoms with E-state index in [2.05, 4.69) is 25.0 Å². The number of rotatable bonds is 12. The van der Waals surface area contributed by atoms with Gasteiger partial charge in [0, 0.05) is 102 Å². The number of imide groups is 2. The molecule has 15 nitrogen and oxygen atoms in total. The number of nitrogens with one attached hydrogen (secondary N) is 1. The van der Waals surface area contributed by atoms with Crippen molar-refractivity contribution in [1.82, 2.24) is 29.6 Å². The Morgan fingerprint density at radius 2 is 1.51 bits per heavy atom. The summed E-state index contributed by atoms with van der Waals surface area (Å²) in [5.74, 6) is 0.870. The predicted octanol–water partition coefficient (Wildman–Crippen LogP) is 4.46. The van der Waals surface area contributed by atoms with Crippen LogP contribution in [0.4, 0.5) is 11.5 Å². The monoisotopic (exact) mass is 830 g/mol. The van der Waals surface area contributed by atoms with Crippen molar-refractivity contribution >= 4 is 52.1 Å². The standard InChI is InChI=1S/C46H54N8O7/c1-6-14-53-28-36(33-25-41(49(2)3)47-26-35(33)44(53)57)30-22-39(60-4)37(40(23-30)61-5)27-51-20-18-50(19-21-51)15-11-29-12-16-52(17-13-29)31-7-8-32-34(24-31)46(59)54(45(32)58)38-9-10-42(55)48-43(38)56/h6-8,14,22-26,28-29,38H,9-13,15-21,27H2,1-5H3,(H,48,55,56)/b14-6+. The molecule has 0 aliphatic carbocycles. The van der Waals surface area contributed by atoms with Gasteiger partial charge in [-0.25, -0.2) is 4.98 Å². The van der Waals surface area contributed by atoms with Crippen LogP contribution in [0.1, 0.15) is 65.3 Å². The summed E-state index contributed by atoms with van der Waals surface area (Å²) in [6, 6.07) is 10.4. The number of fused-ring (bicyclic) bond motifs is 2. The number of amides is 4. The van der Waals surface area contributed by atoms with Crippen molar-refractivity contribution in [2.24, 2.45) is 5.92 Å². The van der Waals surface area contributed by atoms with Crippen LogP contribution in [0.2, 0.25) is 0 Å². The van der Waals surface area contributed by atoms with Crippen molar-refractivity contribution in [2.75, 3.05) is 83.9 Å². The average Bonchev–Trinajstić information content (AvgIpc) is 3.52. The van der Waals surface area contributed by atoms with Crippen LogP contribution >= 0.6 is 0 Å². The van der Waals surface area contributed by atoms with E-state index in [9.17, 15) is 24.0 Å². The van der Waals surface area contributed by atoms with Crippen LogP contribution in [0.3, 0.4) is 0 Å². The molecular weight excluding hydrogens is 777 g/mol. The van der Waals surface area contributed by atoms with Crippen LogP contribution in [0.5, 0.6) is 11.5 Å². The summed E-state index contributed by atoms with van der Waals surface area (Å²) in [5, 5.41) is 3.59. The van der Waals surface area contributed by atoms with Gasteiger partial charge >= 0.3 is 0 Å². The molecule has 15 heteroatoms. The van der Waals surface area contributed by atoms with E-state index in [1.54, 1.807) is 43.3 Å². The van der Waals surface area contributed by atoms with Crippen LogP contribution in [-0.4, -0.2) is 128 Å². The number of carbonyl (C=O) groups is 4. The summed E-state index contributed by atoms with van der Waals surface area (Å²) in [4.78, 5) is 78.8. The van der Waals surface area contributed by atoms with E-state index in [1.165, 1.54) is 0 Å². The fourth-order valence-corrected chi connectivity index (χ4v) is 9.18. The summed E-state index contributed by atoms with van der Waals surface area (Å²) in [6.45, 7) is 9.13. The SMILES string of the molecule is C/C=C/n1cc(-c2cc(OC)c(CN3CCN(CCC4CCN(c5ccc6c(c5)C(=O)N(C5CCC(=O)NC5=O)C6=O)CC4)CC3)c(OC)c2)c2cc(N(C)C)ncc2c1=O. The van der Waals surface area contributed by atoms with Crippen LogP contribution in [0.25, 0.3) is 28.1 Å². The summed E-state index contributed by atoms with van der Waals surface area (Å²) < 4.78 is 13.6. The molecule has 1 unspecified atom stereocenters. The Labute approximate surface area is 355 Å². The smallest absolute Gasteiger partial charge is 0.264 e. The van der Waals surface area contributed by atoms with Crippen molar-refractivity contribution in [3.8, 4) is 22.6 Å².